The number of hydrogen-bond acceptors (Lipinski definition) is 5. The number of rotatable bonds is 4. The van der Waals surface area contributed by atoms with Crippen LogP contribution in [0.25, 0.3) is 0 Å². The van der Waals surface area contributed by atoms with E-state index in [1.54, 1.807) is 6.92 Å². The van der Waals surface area contributed by atoms with Crippen LogP contribution in [0.3, 0.4) is 0 Å². The largest absolute Gasteiger partial charge is 0.309 e. The van der Waals surface area contributed by atoms with E-state index in [1.807, 2.05) is 0 Å². The molecule has 4 rings (SSSR count). The Labute approximate surface area is 182 Å². The molecule has 0 aliphatic carbocycles. The van der Waals surface area contributed by atoms with Gasteiger partial charge in [0.1, 0.15) is 11.6 Å². The van der Waals surface area contributed by atoms with Crippen molar-refractivity contribution >= 4 is 10.0 Å². The molecular weight excluding hydrogens is 419 g/mol. The van der Waals surface area contributed by atoms with Crippen LogP contribution in [0.15, 0.2) is 27.9 Å². The SMILES string of the molecule is Cc1cc(F)ccc1S(=O)(=O)N1CCCC[C@H]1c1nc2c(c(=O)[nH]1)CN(C(C)C)CC2. The minimum absolute atomic E-state index is 0.0914. The third-order valence-electron chi connectivity index (χ3n) is 6.34. The summed E-state index contributed by atoms with van der Waals surface area (Å²) in [5.74, 6) is -0.0624. The Morgan fingerprint density at radius 2 is 2.00 bits per heavy atom. The van der Waals surface area contributed by atoms with E-state index < -0.39 is 21.9 Å². The van der Waals surface area contributed by atoms with E-state index in [1.165, 1.54) is 22.5 Å². The van der Waals surface area contributed by atoms with E-state index in [0.29, 0.717) is 48.9 Å². The van der Waals surface area contributed by atoms with Crippen LogP contribution in [0.2, 0.25) is 0 Å². The first-order valence-corrected chi connectivity index (χ1v) is 12.3. The van der Waals surface area contributed by atoms with Crippen LogP contribution in [0.1, 0.15) is 61.8 Å². The summed E-state index contributed by atoms with van der Waals surface area (Å²) < 4.78 is 41.9. The number of aromatic nitrogens is 2. The normalized spacial score (nSPS) is 20.7. The van der Waals surface area contributed by atoms with Gasteiger partial charge < -0.3 is 4.98 Å². The summed E-state index contributed by atoms with van der Waals surface area (Å²) in [6.45, 7) is 7.51. The van der Waals surface area contributed by atoms with Gasteiger partial charge in [-0.25, -0.2) is 17.8 Å². The molecule has 1 aromatic carbocycles. The van der Waals surface area contributed by atoms with Crippen LogP contribution in [-0.4, -0.2) is 46.7 Å². The summed E-state index contributed by atoms with van der Waals surface area (Å²) in [7, 11) is -3.86. The lowest BCUT2D eigenvalue weighted by atomic mass is 10.0. The number of hydrogen-bond donors (Lipinski definition) is 1. The predicted molar refractivity (Wildman–Crippen MR) is 116 cm³/mol. The summed E-state index contributed by atoms with van der Waals surface area (Å²) in [6.07, 6.45) is 2.83. The molecule has 1 fully saturated rings. The van der Waals surface area contributed by atoms with E-state index in [9.17, 15) is 17.6 Å². The van der Waals surface area contributed by atoms with Crippen molar-refractivity contribution in [2.24, 2.45) is 0 Å². The van der Waals surface area contributed by atoms with Crippen LogP contribution in [0.4, 0.5) is 4.39 Å². The average Bonchev–Trinajstić information content (AvgIpc) is 2.73. The van der Waals surface area contributed by atoms with Crippen molar-refractivity contribution in [2.45, 2.75) is 70.0 Å². The summed E-state index contributed by atoms with van der Waals surface area (Å²) >= 11 is 0. The highest BCUT2D eigenvalue weighted by molar-refractivity contribution is 7.89. The summed E-state index contributed by atoms with van der Waals surface area (Å²) in [5.41, 5.74) is 1.61. The summed E-state index contributed by atoms with van der Waals surface area (Å²) in [6, 6.07) is 3.51. The zero-order chi connectivity index (χ0) is 22.3. The van der Waals surface area contributed by atoms with Gasteiger partial charge in [0.05, 0.1) is 22.2 Å². The van der Waals surface area contributed by atoms with Crippen molar-refractivity contribution in [1.29, 1.82) is 0 Å². The lowest BCUT2D eigenvalue weighted by Gasteiger charge is -2.35. The van der Waals surface area contributed by atoms with Crippen molar-refractivity contribution < 1.29 is 12.8 Å². The minimum Gasteiger partial charge on any atom is -0.309 e. The molecule has 2 aliphatic heterocycles. The number of halogens is 1. The fraction of sp³-hybridized carbons (Fsp3) is 0.545. The second-order valence-electron chi connectivity index (χ2n) is 8.73. The highest BCUT2D eigenvalue weighted by atomic mass is 32.2. The van der Waals surface area contributed by atoms with Gasteiger partial charge in [0.2, 0.25) is 10.0 Å². The van der Waals surface area contributed by atoms with Crippen LogP contribution >= 0.6 is 0 Å². The number of aryl methyl sites for hydroxylation is 1. The third kappa shape index (κ3) is 4.18. The Morgan fingerprint density at radius 3 is 2.71 bits per heavy atom. The Kier molecular flexibility index (Phi) is 6.02. The summed E-state index contributed by atoms with van der Waals surface area (Å²) in [4.78, 5) is 22.8. The molecule has 9 heteroatoms. The van der Waals surface area contributed by atoms with Gasteiger partial charge in [0.15, 0.2) is 0 Å². The van der Waals surface area contributed by atoms with Crippen LogP contribution in [0.5, 0.6) is 0 Å². The van der Waals surface area contributed by atoms with Crippen molar-refractivity contribution in [3.05, 3.63) is 57.0 Å². The van der Waals surface area contributed by atoms with Crippen molar-refractivity contribution in [3.63, 3.8) is 0 Å². The van der Waals surface area contributed by atoms with Gasteiger partial charge in [-0.05, 0) is 57.4 Å². The molecule has 2 aromatic rings. The zero-order valence-electron chi connectivity index (χ0n) is 18.2. The zero-order valence-corrected chi connectivity index (χ0v) is 19.0. The molecule has 0 bridgehead atoms. The monoisotopic (exact) mass is 448 g/mol. The maximum absolute atomic E-state index is 13.5. The molecule has 3 heterocycles. The quantitative estimate of drug-likeness (QED) is 0.777. The molecule has 168 valence electrons. The number of sulfonamides is 1. The molecule has 31 heavy (non-hydrogen) atoms. The van der Waals surface area contributed by atoms with Gasteiger partial charge in [0, 0.05) is 32.1 Å². The second kappa shape index (κ2) is 8.44. The number of fused-ring (bicyclic) bond motifs is 1. The Morgan fingerprint density at radius 1 is 1.23 bits per heavy atom. The van der Waals surface area contributed by atoms with E-state index in [0.717, 1.165) is 25.1 Å². The molecule has 1 aromatic heterocycles. The van der Waals surface area contributed by atoms with Crippen molar-refractivity contribution in [3.8, 4) is 0 Å². The molecule has 1 atom stereocenters. The fourth-order valence-electron chi connectivity index (χ4n) is 4.56. The number of nitrogens with zero attached hydrogens (tertiary/aromatic N) is 3. The van der Waals surface area contributed by atoms with Gasteiger partial charge >= 0.3 is 0 Å². The van der Waals surface area contributed by atoms with Gasteiger partial charge in [-0.2, -0.15) is 4.31 Å². The minimum atomic E-state index is -3.86. The number of nitrogens with one attached hydrogen (secondary N) is 1. The molecule has 0 radical (unpaired) electrons. The molecule has 1 saturated heterocycles. The Hall–Kier alpha value is -2.10. The predicted octanol–water partition coefficient (Wildman–Crippen LogP) is 2.90. The number of benzene rings is 1. The number of piperidine rings is 1. The van der Waals surface area contributed by atoms with Crippen molar-refractivity contribution in [1.82, 2.24) is 19.2 Å². The first-order valence-electron chi connectivity index (χ1n) is 10.8. The maximum Gasteiger partial charge on any atom is 0.255 e. The lowest BCUT2D eigenvalue weighted by Crippen LogP contribution is -2.42. The van der Waals surface area contributed by atoms with E-state index in [4.69, 9.17) is 4.98 Å². The Balaban J connectivity index is 1.72. The Bertz CT molecular complexity index is 1150. The first kappa shape index (κ1) is 22.1. The van der Waals surface area contributed by atoms with E-state index in [-0.39, 0.29) is 10.5 Å². The number of H-pyrrole nitrogens is 1. The van der Waals surface area contributed by atoms with Gasteiger partial charge in [0.25, 0.3) is 5.56 Å². The maximum atomic E-state index is 13.5. The fourth-order valence-corrected chi connectivity index (χ4v) is 6.43. The molecule has 0 unspecified atom stereocenters. The molecule has 7 nitrogen and oxygen atoms in total. The molecule has 1 N–H and O–H groups in total. The summed E-state index contributed by atoms with van der Waals surface area (Å²) in [5, 5.41) is 0. The van der Waals surface area contributed by atoms with Crippen molar-refractivity contribution in [2.75, 3.05) is 13.1 Å². The smallest absolute Gasteiger partial charge is 0.255 e. The highest BCUT2D eigenvalue weighted by Gasteiger charge is 2.37. The van der Waals surface area contributed by atoms with Gasteiger partial charge in [-0.1, -0.05) is 6.42 Å². The van der Waals surface area contributed by atoms with Gasteiger partial charge in [-0.3, -0.25) is 9.69 Å². The van der Waals surface area contributed by atoms with E-state index >= 15 is 0 Å². The lowest BCUT2D eigenvalue weighted by molar-refractivity contribution is 0.198. The second-order valence-corrected chi connectivity index (χ2v) is 10.6. The molecule has 0 spiro atoms. The molecular formula is C22H29FN4O3S. The molecule has 0 saturated carbocycles. The number of aromatic amines is 1. The molecule has 2 aliphatic rings. The van der Waals surface area contributed by atoms with E-state index in [2.05, 4.69) is 23.7 Å². The van der Waals surface area contributed by atoms with Crippen LogP contribution < -0.4 is 5.56 Å². The molecule has 0 amide bonds. The van der Waals surface area contributed by atoms with Crippen LogP contribution in [0, 0.1) is 12.7 Å². The first-order chi connectivity index (χ1) is 14.7. The standard InChI is InChI=1S/C22H29FN4O3S/c1-14(2)26-11-9-18-17(13-26)22(28)25-21(24-18)19-6-4-5-10-27(19)31(29,30)20-8-7-16(23)12-15(20)3/h7-8,12,14,19H,4-6,9-11,13H2,1-3H3,(H,24,25,28)/t19-/m0/s1. The van der Waals surface area contributed by atoms with Gasteiger partial charge in [-0.15, -0.1) is 0 Å². The third-order valence-corrected chi connectivity index (χ3v) is 8.41. The topological polar surface area (TPSA) is 86.4 Å². The highest BCUT2D eigenvalue weighted by Crippen LogP contribution is 2.35. The average molecular weight is 449 g/mol. The van der Waals surface area contributed by atoms with Crippen LogP contribution in [-0.2, 0) is 23.0 Å².